The van der Waals surface area contributed by atoms with E-state index in [0.29, 0.717) is 6.61 Å². The predicted octanol–water partition coefficient (Wildman–Crippen LogP) is 0.256. The lowest BCUT2D eigenvalue weighted by atomic mass is 10.2. The number of nitrogens with zero attached hydrogens (tertiary/aromatic N) is 1. The molecule has 1 atom stereocenters. The molecule has 0 bridgehead atoms. The molecule has 0 radical (unpaired) electrons. The summed E-state index contributed by atoms with van der Waals surface area (Å²) in [4.78, 5) is 2.26. The zero-order valence-electron chi connectivity index (χ0n) is 7.41. The number of ether oxygens (including phenoxy) is 1. The van der Waals surface area contributed by atoms with Crippen LogP contribution in [0.5, 0.6) is 0 Å². The van der Waals surface area contributed by atoms with Crippen molar-refractivity contribution in [1.82, 2.24) is 4.90 Å². The first kappa shape index (κ1) is 9.71. The van der Waals surface area contributed by atoms with E-state index in [1.54, 1.807) is 0 Å². The standard InChI is InChI=1S/C9H17NO2/c1-2-3-4-10-5-6-12-8-9(10)7-11/h2,9,11H,1,3-8H2. The third kappa shape index (κ3) is 2.59. The van der Waals surface area contributed by atoms with Gasteiger partial charge in [0.2, 0.25) is 0 Å². The second-order valence-electron chi connectivity index (χ2n) is 3.02. The molecule has 1 aliphatic rings. The van der Waals surface area contributed by atoms with Gasteiger partial charge in [-0.15, -0.1) is 6.58 Å². The summed E-state index contributed by atoms with van der Waals surface area (Å²) < 4.78 is 5.26. The maximum Gasteiger partial charge on any atom is 0.0644 e. The molecule has 70 valence electrons. The van der Waals surface area contributed by atoms with E-state index in [0.717, 1.165) is 26.1 Å². The number of hydrogen-bond donors (Lipinski definition) is 1. The lowest BCUT2D eigenvalue weighted by Gasteiger charge is -2.34. The molecular weight excluding hydrogens is 154 g/mol. The molecule has 12 heavy (non-hydrogen) atoms. The second-order valence-corrected chi connectivity index (χ2v) is 3.02. The number of hydrogen-bond acceptors (Lipinski definition) is 3. The third-order valence-electron chi connectivity index (χ3n) is 2.18. The molecule has 0 amide bonds. The summed E-state index contributed by atoms with van der Waals surface area (Å²) in [5, 5.41) is 9.01. The van der Waals surface area contributed by atoms with E-state index >= 15 is 0 Å². The maximum absolute atomic E-state index is 9.01. The highest BCUT2D eigenvalue weighted by atomic mass is 16.5. The van der Waals surface area contributed by atoms with E-state index in [9.17, 15) is 0 Å². The smallest absolute Gasteiger partial charge is 0.0644 e. The van der Waals surface area contributed by atoms with Crippen LogP contribution in [-0.4, -0.2) is 49.0 Å². The molecule has 1 rings (SSSR count). The zero-order chi connectivity index (χ0) is 8.81. The van der Waals surface area contributed by atoms with Crippen molar-refractivity contribution in [3.63, 3.8) is 0 Å². The molecule has 1 fully saturated rings. The normalized spacial score (nSPS) is 25.6. The van der Waals surface area contributed by atoms with E-state index < -0.39 is 0 Å². The fraction of sp³-hybridized carbons (Fsp3) is 0.778. The summed E-state index contributed by atoms with van der Waals surface area (Å²) in [6.07, 6.45) is 2.89. The van der Waals surface area contributed by atoms with E-state index in [1.807, 2.05) is 6.08 Å². The van der Waals surface area contributed by atoms with Gasteiger partial charge in [-0.25, -0.2) is 0 Å². The molecule has 1 N–H and O–H groups in total. The SMILES string of the molecule is C=CCCN1CCOCC1CO. The lowest BCUT2D eigenvalue weighted by Crippen LogP contribution is -2.47. The largest absolute Gasteiger partial charge is 0.395 e. The molecule has 0 spiro atoms. The van der Waals surface area contributed by atoms with Crippen LogP contribution in [0, 0.1) is 0 Å². The van der Waals surface area contributed by atoms with Crippen molar-refractivity contribution in [2.75, 3.05) is 32.9 Å². The van der Waals surface area contributed by atoms with Crippen molar-refractivity contribution in [2.24, 2.45) is 0 Å². The van der Waals surface area contributed by atoms with Crippen LogP contribution in [0.25, 0.3) is 0 Å². The molecular formula is C9H17NO2. The Morgan fingerprint density at radius 1 is 1.67 bits per heavy atom. The highest BCUT2D eigenvalue weighted by Crippen LogP contribution is 2.06. The van der Waals surface area contributed by atoms with E-state index in [4.69, 9.17) is 9.84 Å². The predicted molar refractivity (Wildman–Crippen MR) is 48.1 cm³/mol. The molecule has 0 aromatic rings. The minimum absolute atomic E-state index is 0.192. The number of morpholine rings is 1. The monoisotopic (exact) mass is 171 g/mol. The first-order chi connectivity index (χ1) is 5.88. The van der Waals surface area contributed by atoms with Crippen LogP contribution in [-0.2, 0) is 4.74 Å². The van der Waals surface area contributed by atoms with Crippen molar-refractivity contribution in [2.45, 2.75) is 12.5 Å². The van der Waals surface area contributed by atoms with Gasteiger partial charge in [-0.3, -0.25) is 4.90 Å². The van der Waals surface area contributed by atoms with E-state index in [2.05, 4.69) is 11.5 Å². The first-order valence-corrected chi connectivity index (χ1v) is 4.42. The van der Waals surface area contributed by atoms with Crippen molar-refractivity contribution in [3.8, 4) is 0 Å². The average molecular weight is 171 g/mol. The minimum atomic E-state index is 0.192. The Labute approximate surface area is 73.6 Å². The molecule has 0 aromatic carbocycles. The summed E-state index contributed by atoms with van der Waals surface area (Å²) in [7, 11) is 0. The quantitative estimate of drug-likeness (QED) is 0.616. The Kier molecular flexibility index (Phi) is 4.29. The maximum atomic E-state index is 9.01. The van der Waals surface area contributed by atoms with E-state index in [1.165, 1.54) is 0 Å². The topological polar surface area (TPSA) is 32.7 Å². The van der Waals surface area contributed by atoms with Gasteiger partial charge >= 0.3 is 0 Å². The van der Waals surface area contributed by atoms with Crippen LogP contribution >= 0.6 is 0 Å². The Balaban J connectivity index is 2.30. The third-order valence-corrected chi connectivity index (χ3v) is 2.18. The molecule has 3 heteroatoms. The Bertz CT molecular complexity index is 138. The van der Waals surface area contributed by atoms with Crippen LogP contribution in [0.2, 0.25) is 0 Å². The average Bonchev–Trinajstić information content (AvgIpc) is 2.15. The molecule has 3 nitrogen and oxygen atoms in total. The first-order valence-electron chi connectivity index (χ1n) is 4.42. The van der Waals surface area contributed by atoms with Crippen LogP contribution in [0.3, 0.4) is 0 Å². The van der Waals surface area contributed by atoms with Crippen molar-refractivity contribution in [3.05, 3.63) is 12.7 Å². The fourth-order valence-corrected chi connectivity index (χ4v) is 1.41. The van der Waals surface area contributed by atoms with Gasteiger partial charge in [0.15, 0.2) is 0 Å². The molecule has 0 aromatic heterocycles. The Morgan fingerprint density at radius 2 is 2.50 bits per heavy atom. The number of rotatable bonds is 4. The Morgan fingerprint density at radius 3 is 3.17 bits per heavy atom. The van der Waals surface area contributed by atoms with Crippen LogP contribution in [0.4, 0.5) is 0 Å². The van der Waals surface area contributed by atoms with Gasteiger partial charge in [-0.05, 0) is 6.42 Å². The summed E-state index contributed by atoms with van der Waals surface area (Å²) in [6, 6.07) is 0.193. The fourth-order valence-electron chi connectivity index (χ4n) is 1.41. The highest BCUT2D eigenvalue weighted by Gasteiger charge is 2.20. The van der Waals surface area contributed by atoms with Gasteiger partial charge in [-0.1, -0.05) is 6.08 Å². The van der Waals surface area contributed by atoms with Crippen LogP contribution < -0.4 is 0 Å². The number of aliphatic hydroxyl groups excluding tert-OH is 1. The van der Waals surface area contributed by atoms with Crippen molar-refractivity contribution in [1.29, 1.82) is 0 Å². The highest BCUT2D eigenvalue weighted by molar-refractivity contribution is 4.77. The van der Waals surface area contributed by atoms with Gasteiger partial charge in [-0.2, -0.15) is 0 Å². The van der Waals surface area contributed by atoms with Crippen LogP contribution in [0.1, 0.15) is 6.42 Å². The van der Waals surface area contributed by atoms with Gasteiger partial charge < -0.3 is 9.84 Å². The second kappa shape index (κ2) is 5.30. The summed E-state index contributed by atoms with van der Waals surface area (Å²) in [6.45, 7) is 7.23. The van der Waals surface area contributed by atoms with E-state index in [-0.39, 0.29) is 12.6 Å². The minimum Gasteiger partial charge on any atom is -0.395 e. The van der Waals surface area contributed by atoms with Crippen molar-refractivity contribution >= 4 is 0 Å². The molecule has 0 saturated carbocycles. The lowest BCUT2D eigenvalue weighted by molar-refractivity contribution is -0.0264. The van der Waals surface area contributed by atoms with Gasteiger partial charge in [0.05, 0.1) is 25.9 Å². The van der Waals surface area contributed by atoms with Crippen molar-refractivity contribution < 1.29 is 9.84 Å². The molecule has 1 aliphatic heterocycles. The van der Waals surface area contributed by atoms with Gasteiger partial charge in [0.25, 0.3) is 0 Å². The van der Waals surface area contributed by atoms with Gasteiger partial charge in [0.1, 0.15) is 0 Å². The molecule has 1 heterocycles. The summed E-state index contributed by atoms with van der Waals surface area (Å²) in [5.41, 5.74) is 0. The zero-order valence-corrected chi connectivity index (χ0v) is 7.41. The summed E-state index contributed by atoms with van der Waals surface area (Å²) >= 11 is 0. The van der Waals surface area contributed by atoms with Gasteiger partial charge in [0, 0.05) is 13.1 Å². The molecule has 0 aliphatic carbocycles. The molecule has 1 unspecified atom stereocenters. The molecule has 1 saturated heterocycles. The summed E-state index contributed by atoms with van der Waals surface area (Å²) in [5.74, 6) is 0. The Hall–Kier alpha value is -0.380. The number of aliphatic hydroxyl groups is 1. The van der Waals surface area contributed by atoms with Crippen LogP contribution in [0.15, 0.2) is 12.7 Å².